The van der Waals surface area contributed by atoms with Crippen molar-refractivity contribution >= 4 is 39.7 Å². The van der Waals surface area contributed by atoms with Gasteiger partial charge in [0, 0.05) is 30.6 Å². The number of nitrogens with one attached hydrogen (secondary N) is 1. The molecule has 0 unspecified atom stereocenters. The fraction of sp³-hybridized carbons (Fsp3) is 0.167. The third kappa shape index (κ3) is 6.13. The lowest BCUT2D eigenvalue weighted by molar-refractivity contribution is -0.116. The van der Waals surface area contributed by atoms with Crippen LogP contribution in [0, 0.1) is 0 Å². The third-order valence-corrected chi connectivity index (χ3v) is 6.99. The second-order valence-corrected chi connectivity index (χ2v) is 9.56. The van der Waals surface area contributed by atoms with Crippen LogP contribution in [0.25, 0.3) is 21.6 Å². The number of ether oxygens (including phenoxy) is 1. The Hall–Kier alpha value is -4.23. The van der Waals surface area contributed by atoms with Crippen LogP contribution in [-0.4, -0.2) is 36.1 Å². The number of hydrogen-bond acceptors (Lipinski definition) is 6. The van der Waals surface area contributed by atoms with Crippen LogP contribution in [0.15, 0.2) is 96.4 Å². The van der Waals surface area contributed by atoms with Gasteiger partial charge in [0.2, 0.25) is 5.91 Å². The Morgan fingerprint density at radius 2 is 1.68 bits per heavy atom. The lowest BCUT2D eigenvalue weighted by Gasteiger charge is -2.25. The van der Waals surface area contributed by atoms with Crippen LogP contribution >= 0.6 is 11.3 Å². The number of aromatic nitrogens is 2. The number of hydrogen-bond donors (Lipinski definition) is 1. The molecule has 3 aromatic carbocycles. The normalized spacial score (nSPS) is 10.8. The van der Waals surface area contributed by atoms with E-state index in [9.17, 15) is 4.79 Å². The van der Waals surface area contributed by atoms with Crippen molar-refractivity contribution < 1.29 is 9.53 Å². The Balaban J connectivity index is 1.42. The van der Waals surface area contributed by atoms with Gasteiger partial charge in [0.25, 0.3) is 0 Å². The molecule has 0 aliphatic heterocycles. The van der Waals surface area contributed by atoms with Crippen molar-refractivity contribution in [2.24, 2.45) is 0 Å². The van der Waals surface area contributed by atoms with Gasteiger partial charge in [-0.3, -0.25) is 4.79 Å². The maximum absolute atomic E-state index is 12.9. The van der Waals surface area contributed by atoms with E-state index in [2.05, 4.69) is 40.5 Å². The molecule has 7 heteroatoms. The van der Waals surface area contributed by atoms with E-state index >= 15 is 0 Å². The smallest absolute Gasteiger partial charge is 0.226 e. The minimum Gasteiger partial charge on any atom is -0.497 e. The fourth-order valence-electron chi connectivity index (χ4n) is 4.18. The molecule has 0 fully saturated rings. The summed E-state index contributed by atoms with van der Waals surface area (Å²) >= 11 is 1.62. The van der Waals surface area contributed by atoms with Gasteiger partial charge < -0.3 is 15.0 Å². The van der Waals surface area contributed by atoms with Crippen LogP contribution in [0.4, 0.5) is 11.5 Å². The number of carbonyl (C=O) groups excluding carboxylic acids is 1. The van der Waals surface area contributed by atoms with Gasteiger partial charge in [-0.15, -0.1) is 11.3 Å². The van der Waals surface area contributed by atoms with Crippen molar-refractivity contribution in [1.29, 1.82) is 0 Å². The summed E-state index contributed by atoms with van der Waals surface area (Å²) in [7, 11) is 1.62. The predicted molar refractivity (Wildman–Crippen MR) is 151 cm³/mol. The number of nitrogens with zero attached hydrogens (tertiary/aromatic N) is 3. The molecule has 1 N–H and O–H groups in total. The van der Waals surface area contributed by atoms with Crippen molar-refractivity contribution in [2.45, 2.75) is 12.8 Å². The quantitative estimate of drug-likeness (QED) is 0.235. The number of carbonyl (C=O) groups is 1. The molecule has 186 valence electrons. The van der Waals surface area contributed by atoms with Crippen molar-refractivity contribution in [3.63, 3.8) is 0 Å². The average Bonchev–Trinajstić information content (AvgIpc) is 3.49. The van der Waals surface area contributed by atoms with Crippen LogP contribution in [0.1, 0.15) is 12.0 Å². The molecular formula is C30H28N4O2S. The van der Waals surface area contributed by atoms with Gasteiger partial charge in [0.1, 0.15) is 11.6 Å². The molecule has 1 amide bonds. The van der Waals surface area contributed by atoms with E-state index in [-0.39, 0.29) is 5.91 Å². The van der Waals surface area contributed by atoms with E-state index in [1.165, 1.54) is 5.56 Å². The Bertz CT molecular complexity index is 1450. The molecule has 0 bridgehead atoms. The number of methoxy groups -OCH3 is 1. The molecule has 0 radical (unpaired) electrons. The summed E-state index contributed by atoms with van der Waals surface area (Å²) in [5.74, 6) is 2.26. The topological polar surface area (TPSA) is 67.3 Å². The highest BCUT2D eigenvalue weighted by molar-refractivity contribution is 7.13. The first-order chi connectivity index (χ1) is 18.2. The minimum absolute atomic E-state index is 0.0493. The largest absolute Gasteiger partial charge is 0.497 e. The zero-order valence-electron chi connectivity index (χ0n) is 20.6. The molecule has 5 aromatic rings. The van der Waals surface area contributed by atoms with Crippen LogP contribution < -0.4 is 15.0 Å². The zero-order chi connectivity index (χ0) is 25.5. The summed E-state index contributed by atoms with van der Waals surface area (Å²) in [5, 5.41) is 6.00. The van der Waals surface area contributed by atoms with Crippen LogP contribution in [0.5, 0.6) is 5.75 Å². The lowest BCUT2D eigenvalue weighted by atomic mass is 10.1. The molecule has 5 rings (SSSR count). The Labute approximate surface area is 220 Å². The number of amides is 1. The van der Waals surface area contributed by atoms with Gasteiger partial charge in [-0.2, -0.15) is 0 Å². The summed E-state index contributed by atoms with van der Waals surface area (Å²) in [6.45, 7) is 1.25. The summed E-state index contributed by atoms with van der Waals surface area (Å²) in [4.78, 5) is 26.0. The van der Waals surface area contributed by atoms with Gasteiger partial charge >= 0.3 is 0 Å². The molecule has 6 nitrogen and oxygen atoms in total. The first-order valence-electron chi connectivity index (χ1n) is 12.2. The maximum atomic E-state index is 12.9. The standard InChI is InChI=1S/C30H28N4O2S/c1-36-24-15-13-23(14-16-24)31-28(35)18-20-34(19-17-22-8-3-2-4-9-22)30-25-10-5-6-11-26(25)32-29(33-30)27-12-7-21-37-27/h2-16,21H,17-20H2,1H3,(H,31,35). The molecule has 0 aliphatic carbocycles. The zero-order valence-corrected chi connectivity index (χ0v) is 21.4. The number of anilines is 2. The number of para-hydroxylation sites is 1. The summed E-state index contributed by atoms with van der Waals surface area (Å²) in [6.07, 6.45) is 1.17. The van der Waals surface area contributed by atoms with E-state index in [1.54, 1.807) is 18.4 Å². The highest BCUT2D eigenvalue weighted by Gasteiger charge is 2.17. The molecule has 2 aromatic heterocycles. The number of benzene rings is 3. The number of fused-ring (bicyclic) bond motifs is 1. The van der Waals surface area contributed by atoms with E-state index < -0.39 is 0 Å². The minimum atomic E-state index is -0.0493. The Kier molecular flexibility index (Phi) is 7.72. The predicted octanol–water partition coefficient (Wildman–Crippen LogP) is 6.44. The first kappa shape index (κ1) is 24.5. The first-order valence-corrected chi connectivity index (χ1v) is 13.1. The summed E-state index contributed by atoms with van der Waals surface area (Å²) in [6, 6.07) is 29.9. The molecule has 0 spiro atoms. The Morgan fingerprint density at radius 3 is 2.43 bits per heavy atom. The van der Waals surface area contributed by atoms with Crippen LogP contribution in [-0.2, 0) is 11.2 Å². The summed E-state index contributed by atoms with van der Waals surface area (Å²) < 4.78 is 5.21. The van der Waals surface area contributed by atoms with Crippen molar-refractivity contribution in [2.75, 3.05) is 30.4 Å². The lowest BCUT2D eigenvalue weighted by Crippen LogP contribution is -2.31. The molecule has 0 atom stereocenters. The molecule has 2 heterocycles. The fourth-order valence-corrected chi connectivity index (χ4v) is 4.84. The number of thiophene rings is 1. The third-order valence-electron chi connectivity index (χ3n) is 6.12. The monoisotopic (exact) mass is 508 g/mol. The van der Waals surface area contributed by atoms with Crippen LogP contribution in [0.3, 0.4) is 0 Å². The highest BCUT2D eigenvalue weighted by atomic mass is 32.1. The van der Waals surface area contributed by atoms with Gasteiger partial charge in [0.15, 0.2) is 5.82 Å². The van der Waals surface area contributed by atoms with E-state index in [4.69, 9.17) is 14.7 Å². The second-order valence-electron chi connectivity index (χ2n) is 8.61. The van der Waals surface area contributed by atoms with Gasteiger partial charge in [-0.25, -0.2) is 9.97 Å². The van der Waals surface area contributed by atoms with Crippen molar-refractivity contribution in [3.8, 4) is 16.5 Å². The highest BCUT2D eigenvalue weighted by Crippen LogP contribution is 2.30. The van der Waals surface area contributed by atoms with Crippen molar-refractivity contribution in [1.82, 2.24) is 9.97 Å². The molecule has 37 heavy (non-hydrogen) atoms. The molecule has 0 saturated heterocycles. The van der Waals surface area contributed by atoms with Gasteiger partial charge in [0.05, 0.1) is 17.5 Å². The maximum Gasteiger partial charge on any atom is 0.226 e. The van der Waals surface area contributed by atoms with E-state index in [0.29, 0.717) is 18.8 Å². The molecular weight excluding hydrogens is 480 g/mol. The van der Waals surface area contributed by atoms with Gasteiger partial charge in [-0.05, 0) is 59.8 Å². The Morgan fingerprint density at radius 1 is 0.892 bits per heavy atom. The van der Waals surface area contributed by atoms with Crippen LogP contribution in [0.2, 0.25) is 0 Å². The average molecular weight is 509 g/mol. The van der Waals surface area contributed by atoms with Gasteiger partial charge in [-0.1, -0.05) is 48.5 Å². The SMILES string of the molecule is COc1ccc(NC(=O)CCN(CCc2ccccc2)c2nc(-c3cccs3)nc3ccccc23)cc1. The van der Waals surface area contributed by atoms with E-state index in [0.717, 1.165) is 46.0 Å². The van der Waals surface area contributed by atoms with Crippen molar-refractivity contribution in [3.05, 3.63) is 102 Å². The molecule has 0 saturated carbocycles. The number of rotatable bonds is 10. The van der Waals surface area contributed by atoms with E-state index in [1.807, 2.05) is 66.0 Å². The summed E-state index contributed by atoms with van der Waals surface area (Å²) in [5.41, 5.74) is 2.88. The second kappa shape index (κ2) is 11.7. The molecule has 0 aliphatic rings.